The highest BCUT2D eigenvalue weighted by atomic mass is 35.5. The maximum Gasteiger partial charge on any atom is 0.412 e. The van der Waals surface area contributed by atoms with E-state index in [2.05, 4.69) is 25.6 Å². The summed E-state index contributed by atoms with van der Waals surface area (Å²) in [5, 5.41) is 5.84. The fourth-order valence-corrected chi connectivity index (χ4v) is 5.75. The number of aromatic nitrogens is 3. The van der Waals surface area contributed by atoms with Crippen molar-refractivity contribution in [3.63, 3.8) is 0 Å². The molecule has 1 fully saturated rings. The number of rotatable bonds is 5. The van der Waals surface area contributed by atoms with Gasteiger partial charge in [-0.1, -0.05) is 11.6 Å². The van der Waals surface area contributed by atoms with Crippen molar-refractivity contribution in [3.8, 4) is 0 Å². The van der Waals surface area contributed by atoms with Crippen LogP contribution in [0.4, 0.5) is 14.9 Å². The first-order valence-electron chi connectivity index (χ1n) is 13.2. The smallest absolute Gasteiger partial charge is 0.412 e. The third kappa shape index (κ3) is 5.16. The largest absolute Gasteiger partial charge is 0.436 e. The number of piperidine rings is 1. The second kappa shape index (κ2) is 10.9. The number of halogens is 2. The van der Waals surface area contributed by atoms with E-state index in [0.717, 1.165) is 0 Å². The number of likely N-dealkylation sites (tertiary alicyclic amines) is 1. The summed E-state index contributed by atoms with van der Waals surface area (Å²) in [4.78, 5) is 63.7. The minimum Gasteiger partial charge on any atom is -0.436 e. The summed E-state index contributed by atoms with van der Waals surface area (Å²) in [6.45, 7) is 0.161. The Hall–Kier alpha value is -4.84. The van der Waals surface area contributed by atoms with E-state index < -0.39 is 35.4 Å². The van der Waals surface area contributed by atoms with E-state index >= 15 is 4.39 Å². The Morgan fingerprint density at radius 3 is 2.76 bits per heavy atom. The summed E-state index contributed by atoms with van der Waals surface area (Å²) in [6.07, 6.45) is 4.45. The van der Waals surface area contributed by atoms with Crippen molar-refractivity contribution in [1.29, 1.82) is 0 Å². The third-order valence-electron chi connectivity index (χ3n) is 7.49. The SMILES string of the molecule is O=C1Nc2ccc(Cl)c(F)c2C2(CCCN(C(=O)[C@H](Cc3cncnc3)NC(=O)c3ccc4[nH]c(=O)ccc4c3)C2)O1. The molecule has 1 spiro atoms. The molecular formula is C29H24ClFN6O5. The molecule has 2 aromatic heterocycles. The topological polar surface area (TPSA) is 146 Å². The van der Waals surface area contributed by atoms with Crippen LogP contribution in [0, 0.1) is 5.82 Å². The Balaban J connectivity index is 1.31. The Morgan fingerprint density at radius 1 is 1.14 bits per heavy atom. The number of anilines is 1. The highest BCUT2D eigenvalue weighted by molar-refractivity contribution is 6.31. The Morgan fingerprint density at radius 2 is 1.95 bits per heavy atom. The number of pyridine rings is 1. The average molecular weight is 591 g/mol. The molecule has 2 atom stereocenters. The molecule has 11 nitrogen and oxygen atoms in total. The lowest BCUT2D eigenvalue weighted by molar-refractivity contribution is -0.141. The molecule has 4 heterocycles. The summed E-state index contributed by atoms with van der Waals surface area (Å²) in [7, 11) is 0. The number of carbonyl (C=O) groups is 3. The Kier molecular flexibility index (Phi) is 7.07. The maximum absolute atomic E-state index is 15.3. The minimum absolute atomic E-state index is 0.0773. The third-order valence-corrected chi connectivity index (χ3v) is 7.78. The van der Waals surface area contributed by atoms with Gasteiger partial charge in [-0.3, -0.25) is 19.7 Å². The molecule has 2 aliphatic rings. The van der Waals surface area contributed by atoms with Crippen LogP contribution in [0.1, 0.15) is 34.3 Å². The van der Waals surface area contributed by atoms with Gasteiger partial charge in [0.1, 0.15) is 12.4 Å². The maximum atomic E-state index is 15.3. The van der Waals surface area contributed by atoms with Gasteiger partial charge < -0.3 is 19.9 Å². The molecule has 0 radical (unpaired) electrons. The van der Waals surface area contributed by atoms with Crippen molar-refractivity contribution < 1.29 is 23.5 Å². The lowest BCUT2D eigenvalue weighted by atomic mass is 9.82. The number of hydrogen-bond donors (Lipinski definition) is 3. The molecule has 1 saturated heterocycles. The van der Waals surface area contributed by atoms with E-state index in [1.807, 2.05) is 0 Å². The van der Waals surface area contributed by atoms with Crippen molar-refractivity contribution in [3.05, 3.63) is 99.1 Å². The molecule has 6 rings (SSSR count). The van der Waals surface area contributed by atoms with Gasteiger partial charge in [-0.05, 0) is 60.2 Å². The van der Waals surface area contributed by atoms with Gasteiger partial charge in [0.05, 0.1) is 22.8 Å². The quantitative estimate of drug-likeness (QED) is 0.322. The molecule has 4 aromatic rings. The number of nitrogens with one attached hydrogen (secondary N) is 3. The van der Waals surface area contributed by atoms with Crippen LogP contribution < -0.4 is 16.2 Å². The molecule has 42 heavy (non-hydrogen) atoms. The van der Waals surface area contributed by atoms with Crippen LogP contribution in [0.3, 0.4) is 0 Å². The van der Waals surface area contributed by atoms with Crippen molar-refractivity contribution in [2.75, 3.05) is 18.4 Å². The first-order valence-corrected chi connectivity index (χ1v) is 13.6. The summed E-state index contributed by atoms with van der Waals surface area (Å²) in [6, 6.07) is 9.54. The molecule has 0 bridgehead atoms. The summed E-state index contributed by atoms with van der Waals surface area (Å²) < 4.78 is 21.0. The van der Waals surface area contributed by atoms with Gasteiger partial charge in [0.15, 0.2) is 11.4 Å². The molecule has 0 saturated carbocycles. The highest BCUT2D eigenvalue weighted by Crippen LogP contribution is 2.45. The number of aromatic amines is 1. The van der Waals surface area contributed by atoms with E-state index in [1.165, 1.54) is 29.4 Å². The van der Waals surface area contributed by atoms with Crippen LogP contribution in [0.5, 0.6) is 0 Å². The Labute approximate surface area is 243 Å². The van der Waals surface area contributed by atoms with Crippen LogP contribution in [-0.4, -0.2) is 56.9 Å². The van der Waals surface area contributed by atoms with Gasteiger partial charge in [-0.2, -0.15) is 0 Å². The second-order valence-corrected chi connectivity index (χ2v) is 10.7. The van der Waals surface area contributed by atoms with Crippen molar-refractivity contribution in [2.45, 2.75) is 30.9 Å². The van der Waals surface area contributed by atoms with Crippen molar-refractivity contribution in [2.24, 2.45) is 0 Å². The zero-order valence-corrected chi connectivity index (χ0v) is 22.8. The van der Waals surface area contributed by atoms with E-state index in [0.29, 0.717) is 29.4 Å². The highest BCUT2D eigenvalue weighted by Gasteiger charge is 2.49. The van der Waals surface area contributed by atoms with Gasteiger partial charge in [0.2, 0.25) is 11.5 Å². The standard InChI is InChI=1S/C29H24ClFN6O5/c30-19-4-6-21-24(25(19)31)29(42-28(41)36-21)8-1-9-37(14-29)27(40)22(10-16-12-32-15-33-13-16)35-26(39)18-2-5-20-17(11-18)3-7-23(38)34-20/h2-7,11-13,15,22H,1,8-10,14H2,(H,34,38)(H,35,39)(H,36,41)/t22-,29?/m0/s1. The lowest BCUT2D eigenvalue weighted by Gasteiger charge is -2.45. The van der Waals surface area contributed by atoms with Gasteiger partial charge in [0, 0.05) is 42.5 Å². The van der Waals surface area contributed by atoms with Gasteiger partial charge in [0.25, 0.3) is 5.91 Å². The summed E-state index contributed by atoms with van der Waals surface area (Å²) in [5.41, 5.74) is 0.0416. The number of ether oxygens (including phenoxy) is 1. The van der Waals surface area contributed by atoms with Crippen LogP contribution >= 0.6 is 11.6 Å². The number of amides is 3. The fraction of sp³-hybridized carbons (Fsp3) is 0.241. The molecule has 2 aliphatic heterocycles. The predicted molar refractivity (Wildman–Crippen MR) is 151 cm³/mol. The van der Waals surface area contributed by atoms with Gasteiger partial charge >= 0.3 is 6.09 Å². The van der Waals surface area contributed by atoms with Gasteiger partial charge in [-0.15, -0.1) is 0 Å². The van der Waals surface area contributed by atoms with Crippen LogP contribution in [0.15, 0.2) is 66.0 Å². The lowest BCUT2D eigenvalue weighted by Crippen LogP contribution is -2.57. The normalized spacial score (nSPS) is 18.6. The molecule has 3 N–H and O–H groups in total. The second-order valence-electron chi connectivity index (χ2n) is 10.3. The van der Waals surface area contributed by atoms with Crippen LogP contribution in [0.25, 0.3) is 10.9 Å². The molecule has 0 aliphatic carbocycles. The monoisotopic (exact) mass is 590 g/mol. The number of benzene rings is 2. The molecular weight excluding hydrogens is 567 g/mol. The van der Waals surface area contributed by atoms with Crippen molar-refractivity contribution in [1.82, 2.24) is 25.2 Å². The zero-order chi connectivity index (χ0) is 29.4. The van der Waals surface area contributed by atoms with Crippen LogP contribution in [-0.2, 0) is 21.6 Å². The molecule has 2 aromatic carbocycles. The molecule has 214 valence electrons. The minimum atomic E-state index is -1.46. The molecule has 3 amide bonds. The van der Waals surface area contributed by atoms with E-state index in [-0.39, 0.29) is 46.8 Å². The molecule has 1 unspecified atom stereocenters. The number of carbonyl (C=O) groups excluding carboxylic acids is 3. The predicted octanol–water partition coefficient (Wildman–Crippen LogP) is 3.53. The first kappa shape index (κ1) is 27.3. The number of nitrogens with zero attached hydrogens (tertiary/aromatic N) is 3. The number of H-pyrrole nitrogens is 1. The average Bonchev–Trinajstić information content (AvgIpc) is 2.98. The zero-order valence-electron chi connectivity index (χ0n) is 22.0. The van der Waals surface area contributed by atoms with Crippen molar-refractivity contribution >= 4 is 46.1 Å². The first-order chi connectivity index (χ1) is 20.2. The van der Waals surface area contributed by atoms with Crippen LogP contribution in [0.2, 0.25) is 5.02 Å². The number of fused-ring (bicyclic) bond motifs is 3. The Bertz CT molecular complexity index is 1780. The number of hydrogen-bond acceptors (Lipinski definition) is 7. The summed E-state index contributed by atoms with van der Waals surface area (Å²) in [5.74, 6) is -1.69. The van der Waals surface area contributed by atoms with E-state index in [9.17, 15) is 19.2 Å². The fourth-order valence-electron chi connectivity index (χ4n) is 5.59. The van der Waals surface area contributed by atoms with Gasteiger partial charge in [-0.25, -0.2) is 19.2 Å². The summed E-state index contributed by atoms with van der Waals surface area (Å²) >= 11 is 6.08. The van der Waals surface area contributed by atoms with E-state index in [1.54, 1.807) is 36.7 Å². The molecule has 13 heteroatoms. The van der Waals surface area contributed by atoms with E-state index in [4.69, 9.17) is 16.3 Å².